The Morgan fingerprint density at radius 2 is 2.10 bits per heavy atom. The third-order valence-electron chi connectivity index (χ3n) is 3.60. The van der Waals surface area contributed by atoms with Gasteiger partial charge in [0, 0.05) is 19.1 Å². The fourth-order valence-corrected chi connectivity index (χ4v) is 3.04. The number of rotatable bonds is 2. The number of halogens is 2. The van der Waals surface area contributed by atoms with Crippen molar-refractivity contribution >= 4 is 24.0 Å². The summed E-state index contributed by atoms with van der Waals surface area (Å²) in [6.07, 6.45) is 2.29. The van der Waals surface area contributed by atoms with Crippen molar-refractivity contribution < 1.29 is 9.47 Å². The van der Waals surface area contributed by atoms with Crippen LogP contribution in [0.15, 0.2) is 12.1 Å². The summed E-state index contributed by atoms with van der Waals surface area (Å²) in [5, 5.41) is 0.633. The number of hydrogen-bond acceptors (Lipinski definition) is 4. The van der Waals surface area contributed by atoms with Gasteiger partial charge < -0.3 is 15.2 Å². The zero-order valence-corrected chi connectivity index (χ0v) is 12.9. The normalized spacial score (nSPS) is 22.2. The molecule has 0 saturated carbocycles. The van der Waals surface area contributed by atoms with Crippen molar-refractivity contribution in [2.45, 2.75) is 25.4 Å². The van der Waals surface area contributed by atoms with E-state index >= 15 is 0 Å². The molecule has 0 aliphatic carbocycles. The summed E-state index contributed by atoms with van der Waals surface area (Å²) in [6.45, 7) is 4.06. The highest BCUT2D eigenvalue weighted by Crippen LogP contribution is 2.38. The molecule has 2 N–H and O–H groups in total. The molecule has 112 valence electrons. The van der Waals surface area contributed by atoms with Crippen molar-refractivity contribution in [2.75, 3.05) is 26.3 Å². The summed E-state index contributed by atoms with van der Waals surface area (Å²) >= 11 is 6.25. The van der Waals surface area contributed by atoms with Crippen LogP contribution >= 0.6 is 24.0 Å². The molecule has 0 radical (unpaired) electrons. The first-order valence-corrected chi connectivity index (χ1v) is 7.16. The molecule has 1 aromatic rings. The number of piperidine rings is 1. The molecule has 20 heavy (non-hydrogen) atoms. The molecule has 1 aromatic carbocycles. The van der Waals surface area contributed by atoms with Gasteiger partial charge in [-0.3, -0.25) is 4.90 Å². The smallest absolute Gasteiger partial charge is 0.179 e. The molecule has 0 spiro atoms. The minimum Gasteiger partial charge on any atom is -0.486 e. The van der Waals surface area contributed by atoms with Gasteiger partial charge in [-0.1, -0.05) is 11.6 Å². The maximum absolute atomic E-state index is 6.25. The highest BCUT2D eigenvalue weighted by Gasteiger charge is 2.20. The maximum Gasteiger partial charge on any atom is 0.179 e. The molecule has 2 aliphatic rings. The van der Waals surface area contributed by atoms with Crippen LogP contribution in [0.4, 0.5) is 0 Å². The summed E-state index contributed by atoms with van der Waals surface area (Å²) in [7, 11) is 0. The molecule has 1 saturated heterocycles. The van der Waals surface area contributed by atoms with E-state index in [1.54, 1.807) is 0 Å². The predicted octanol–water partition coefficient (Wildman–Crippen LogP) is 2.46. The van der Waals surface area contributed by atoms with Gasteiger partial charge in [0.2, 0.25) is 0 Å². The monoisotopic (exact) mass is 318 g/mol. The second kappa shape index (κ2) is 6.85. The molecule has 2 aliphatic heterocycles. The molecule has 6 heteroatoms. The van der Waals surface area contributed by atoms with Gasteiger partial charge in [-0.05, 0) is 37.1 Å². The second-order valence-electron chi connectivity index (χ2n) is 5.24. The van der Waals surface area contributed by atoms with E-state index < -0.39 is 0 Å². The van der Waals surface area contributed by atoms with Gasteiger partial charge in [-0.2, -0.15) is 0 Å². The zero-order valence-electron chi connectivity index (χ0n) is 11.3. The van der Waals surface area contributed by atoms with Crippen LogP contribution < -0.4 is 15.2 Å². The Bertz CT molecular complexity index is 471. The van der Waals surface area contributed by atoms with Gasteiger partial charge in [-0.15, -0.1) is 12.4 Å². The number of nitrogens with zero attached hydrogens (tertiary/aromatic N) is 1. The maximum atomic E-state index is 6.25. The van der Waals surface area contributed by atoms with Crippen molar-refractivity contribution in [2.24, 2.45) is 5.73 Å². The standard InChI is InChI=1S/C14H19ClN2O2.ClH/c15-12-6-10(7-13-14(12)19-5-4-18-13)8-17-3-1-2-11(16)9-17;/h6-7,11H,1-5,8-9,16H2;1H. The average Bonchev–Trinajstić information content (AvgIpc) is 2.39. The predicted molar refractivity (Wildman–Crippen MR) is 82.2 cm³/mol. The Kier molecular flexibility index (Phi) is 5.38. The first-order chi connectivity index (χ1) is 9.22. The van der Waals surface area contributed by atoms with Gasteiger partial charge in [0.05, 0.1) is 5.02 Å². The van der Waals surface area contributed by atoms with Crippen LogP contribution in [0.25, 0.3) is 0 Å². The Hall–Kier alpha value is -0.680. The van der Waals surface area contributed by atoms with Crippen molar-refractivity contribution in [1.82, 2.24) is 4.90 Å². The third-order valence-corrected chi connectivity index (χ3v) is 3.89. The summed E-state index contributed by atoms with van der Waals surface area (Å²) in [5.74, 6) is 1.43. The van der Waals surface area contributed by atoms with E-state index in [2.05, 4.69) is 4.90 Å². The summed E-state index contributed by atoms with van der Waals surface area (Å²) in [6, 6.07) is 4.29. The van der Waals surface area contributed by atoms with Gasteiger partial charge >= 0.3 is 0 Å². The van der Waals surface area contributed by atoms with Crippen LogP contribution in [0.3, 0.4) is 0 Å². The topological polar surface area (TPSA) is 47.7 Å². The Morgan fingerprint density at radius 3 is 2.90 bits per heavy atom. The molecule has 0 aromatic heterocycles. The zero-order chi connectivity index (χ0) is 13.2. The van der Waals surface area contributed by atoms with Crippen molar-refractivity contribution in [3.05, 3.63) is 22.7 Å². The van der Waals surface area contributed by atoms with E-state index in [0.717, 1.165) is 37.4 Å². The molecular weight excluding hydrogens is 299 g/mol. The molecule has 1 atom stereocenters. The Morgan fingerprint density at radius 1 is 1.30 bits per heavy atom. The number of likely N-dealkylation sites (tertiary alicyclic amines) is 1. The number of fused-ring (bicyclic) bond motifs is 1. The second-order valence-corrected chi connectivity index (χ2v) is 5.65. The van der Waals surface area contributed by atoms with Crippen LogP contribution in [0.5, 0.6) is 11.5 Å². The molecule has 1 unspecified atom stereocenters. The fourth-order valence-electron chi connectivity index (χ4n) is 2.75. The largest absolute Gasteiger partial charge is 0.486 e. The highest BCUT2D eigenvalue weighted by molar-refractivity contribution is 6.32. The van der Waals surface area contributed by atoms with Gasteiger partial charge in [0.1, 0.15) is 13.2 Å². The Balaban J connectivity index is 0.00000147. The van der Waals surface area contributed by atoms with Gasteiger partial charge in [-0.25, -0.2) is 0 Å². The summed E-state index contributed by atoms with van der Waals surface area (Å²) in [5.41, 5.74) is 7.16. The minimum absolute atomic E-state index is 0. The summed E-state index contributed by atoms with van der Waals surface area (Å²) < 4.78 is 11.1. The van der Waals surface area contributed by atoms with Crippen LogP contribution in [-0.4, -0.2) is 37.2 Å². The van der Waals surface area contributed by atoms with Gasteiger partial charge in [0.25, 0.3) is 0 Å². The molecular formula is C14H20Cl2N2O2. The lowest BCUT2D eigenvalue weighted by molar-refractivity contribution is 0.170. The van der Waals surface area contributed by atoms with E-state index in [1.165, 1.54) is 6.42 Å². The van der Waals surface area contributed by atoms with E-state index in [0.29, 0.717) is 30.0 Å². The van der Waals surface area contributed by atoms with Crippen molar-refractivity contribution in [3.8, 4) is 11.5 Å². The Labute approximate surface area is 130 Å². The first-order valence-electron chi connectivity index (χ1n) is 6.78. The minimum atomic E-state index is 0. The lowest BCUT2D eigenvalue weighted by atomic mass is 10.1. The van der Waals surface area contributed by atoms with E-state index in [9.17, 15) is 0 Å². The van der Waals surface area contributed by atoms with Crippen LogP contribution in [0.1, 0.15) is 18.4 Å². The highest BCUT2D eigenvalue weighted by atomic mass is 35.5. The molecule has 2 heterocycles. The molecule has 4 nitrogen and oxygen atoms in total. The SMILES string of the molecule is Cl.NC1CCCN(Cc2cc(Cl)c3c(c2)OCCO3)C1. The number of ether oxygens (including phenoxy) is 2. The molecule has 1 fully saturated rings. The van der Waals surface area contributed by atoms with E-state index in [4.69, 9.17) is 26.8 Å². The van der Waals surface area contributed by atoms with Crippen molar-refractivity contribution in [1.29, 1.82) is 0 Å². The van der Waals surface area contributed by atoms with Crippen LogP contribution in [-0.2, 0) is 6.54 Å². The molecule has 0 amide bonds. The molecule has 3 rings (SSSR count). The van der Waals surface area contributed by atoms with Crippen LogP contribution in [0, 0.1) is 0 Å². The quantitative estimate of drug-likeness (QED) is 0.910. The fraction of sp³-hybridized carbons (Fsp3) is 0.571. The number of benzene rings is 1. The number of nitrogens with two attached hydrogens (primary N) is 1. The van der Waals surface area contributed by atoms with E-state index in [1.807, 2.05) is 12.1 Å². The van der Waals surface area contributed by atoms with Gasteiger partial charge in [0.15, 0.2) is 11.5 Å². The third kappa shape index (κ3) is 3.50. The molecule has 0 bridgehead atoms. The first kappa shape index (κ1) is 15.7. The lowest BCUT2D eigenvalue weighted by Crippen LogP contribution is -2.42. The van der Waals surface area contributed by atoms with E-state index in [-0.39, 0.29) is 12.4 Å². The number of hydrogen-bond donors (Lipinski definition) is 1. The van der Waals surface area contributed by atoms with Crippen LogP contribution in [0.2, 0.25) is 5.02 Å². The lowest BCUT2D eigenvalue weighted by Gasteiger charge is -2.31. The van der Waals surface area contributed by atoms with Crippen molar-refractivity contribution in [3.63, 3.8) is 0 Å². The average molecular weight is 319 g/mol. The summed E-state index contributed by atoms with van der Waals surface area (Å²) in [4.78, 5) is 2.37.